The molecule has 1 aromatic heterocycles. The van der Waals surface area contributed by atoms with Crippen LogP contribution in [0.2, 0.25) is 0 Å². The Labute approximate surface area is 158 Å². The number of piperidine rings is 1. The average molecular weight is 374 g/mol. The first-order valence-electron chi connectivity index (χ1n) is 9.62. The average Bonchev–Trinajstić information content (AvgIpc) is 3.23. The van der Waals surface area contributed by atoms with Crippen molar-refractivity contribution >= 4 is 17.8 Å². The van der Waals surface area contributed by atoms with Crippen LogP contribution in [0, 0.1) is 23.7 Å². The van der Waals surface area contributed by atoms with E-state index in [0.29, 0.717) is 25.3 Å². The van der Waals surface area contributed by atoms with E-state index in [1.165, 1.54) is 0 Å². The molecule has 0 aromatic carbocycles. The molecule has 27 heavy (non-hydrogen) atoms. The van der Waals surface area contributed by atoms with Gasteiger partial charge in [0.2, 0.25) is 11.8 Å². The van der Waals surface area contributed by atoms with Gasteiger partial charge in [0.1, 0.15) is 0 Å². The zero-order valence-electron chi connectivity index (χ0n) is 15.7. The first kappa shape index (κ1) is 18.0. The van der Waals surface area contributed by atoms with Crippen molar-refractivity contribution in [3.05, 3.63) is 18.0 Å². The minimum Gasteiger partial charge on any atom is -0.481 e. The Bertz CT molecular complexity index is 772. The van der Waals surface area contributed by atoms with Crippen molar-refractivity contribution in [2.24, 2.45) is 30.7 Å². The lowest BCUT2D eigenvalue weighted by molar-refractivity contribution is -0.146. The maximum absolute atomic E-state index is 13.4. The molecule has 8 heteroatoms. The normalized spacial score (nSPS) is 31.4. The second-order valence-corrected chi connectivity index (χ2v) is 8.23. The van der Waals surface area contributed by atoms with Gasteiger partial charge in [-0.25, -0.2) is 0 Å². The van der Waals surface area contributed by atoms with Gasteiger partial charge in [-0.3, -0.25) is 19.1 Å². The molecular formula is C19H26N4O4. The molecule has 1 aliphatic carbocycles. The largest absolute Gasteiger partial charge is 0.481 e. The molecule has 4 rings (SSSR count). The lowest BCUT2D eigenvalue weighted by atomic mass is 9.84. The van der Waals surface area contributed by atoms with Crippen molar-refractivity contribution in [1.29, 1.82) is 0 Å². The molecule has 2 saturated heterocycles. The molecule has 146 valence electrons. The Balaban J connectivity index is 1.57. The molecule has 3 heterocycles. The summed E-state index contributed by atoms with van der Waals surface area (Å²) in [6.45, 7) is 0.803. The van der Waals surface area contributed by atoms with Gasteiger partial charge in [0.15, 0.2) is 0 Å². The van der Waals surface area contributed by atoms with Gasteiger partial charge < -0.3 is 14.9 Å². The highest BCUT2D eigenvalue weighted by Gasteiger charge is 2.49. The Hall–Kier alpha value is -2.38. The number of aryl methyl sites for hydroxylation is 1. The monoisotopic (exact) mass is 374 g/mol. The Morgan fingerprint density at radius 2 is 1.89 bits per heavy atom. The van der Waals surface area contributed by atoms with Crippen molar-refractivity contribution < 1.29 is 19.5 Å². The lowest BCUT2D eigenvalue weighted by Crippen LogP contribution is -2.47. The third kappa shape index (κ3) is 3.21. The maximum atomic E-state index is 13.4. The number of carboxylic acids is 1. The molecule has 3 aliphatic rings. The number of hydrogen-bond acceptors (Lipinski definition) is 4. The highest BCUT2D eigenvalue weighted by atomic mass is 16.4. The molecule has 3 fully saturated rings. The summed E-state index contributed by atoms with van der Waals surface area (Å²) in [6, 6.07) is -0.351. The van der Waals surface area contributed by atoms with Crippen molar-refractivity contribution in [1.82, 2.24) is 19.6 Å². The fourth-order valence-corrected chi connectivity index (χ4v) is 4.85. The minimum atomic E-state index is -0.804. The van der Waals surface area contributed by atoms with E-state index in [4.69, 9.17) is 0 Å². The summed E-state index contributed by atoms with van der Waals surface area (Å²) in [6.07, 6.45) is 6.51. The van der Waals surface area contributed by atoms with Crippen LogP contribution < -0.4 is 0 Å². The molecule has 4 atom stereocenters. The van der Waals surface area contributed by atoms with Crippen LogP contribution in [0.15, 0.2) is 12.4 Å². The SMILES string of the molecule is CN1C(=O)CCC(C(=O)N2C[C@H](C(=O)O)[C@@H](C3CC3)C2)C1c1cnn(C)c1. The van der Waals surface area contributed by atoms with Crippen LogP contribution in [-0.4, -0.2) is 62.6 Å². The van der Waals surface area contributed by atoms with Crippen molar-refractivity contribution in [2.75, 3.05) is 20.1 Å². The predicted octanol–water partition coefficient (Wildman–Crippen LogP) is 0.899. The van der Waals surface area contributed by atoms with Gasteiger partial charge in [0.25, 0.3) is 0 Å². The number of carbonyl (C=O) groups is 3. The van der Waals surface area contributed by atoms with Crippen LogP contribution in [0.3, 0.4) is 0 Å². The third-order valence-electron chi connectivity index (χ3n) is 6.47. The first-order valence-corrected chi connectivity index (χ1v) is 9.62. The van der Waals surface area contributed by atoms with Crippen LogP contribution in [0.4, 0.5) is 0 Å². The second-order valence-electron chi connectivity index (χ2n) is 8.23. The van der Waals surface area contributed by atoms with E-state index in [0.717, 1.165) is 18.4 Å². The summed E-state index contributed by atoms with van der Waals surface area (Å²) in [5, 5.41) is 13.8. The molecular weight excluding hydrogens is 348 g/mol. The van der Waals surface area contributed by atoms with E-state index in [2.05, 4.69) is 5.10 Å². The molecule has 0 bridgehead atoms. The van der Waals surface area contributed by atoms with Gasteiger partial charge in [-0.2, -0.15) is 5.10 Å². The van der Waals surface area contributed by atoms with Crippen LogP contribution in [0.25, 0.3) is 0 Å². The van der Waals surface area contributed by atoms with Crippen molar-refractivity contribution in [3.63, 3.8) is 0 Å². The molecule has 8 nitrogen and oxygen atoms in total. The van der Waals surface area contributed by atoms with Crippen molar-refractivity contribution in [3.8, 4) is 0 Å². The molecule has 2 aliphatic heterocycles. The zero-order chi connectivity index (χ0) is 19.3. The number of carbonyl (C=O) groups excluding carboxylic acids is 2. The van der Waals surface area contributed by atoms with Gasteiger partial charge >= 0.3 is 5.97 Å². The number of aliphatic carboxylic acids is 1. The van der Waals surface area contributed by atoms with Crippen LogP contribution in [-0.2, 0) is 21.4 Å². The third-order valence-corrected chi connectivity index (χ3v) is 6.47. The number of carboxylic acid groups (broad SMARTS) is 1. The van der Waals surface area contributed by atoms with E-state index in [1.807, 2.05) is 13.2 Å². The number of amides is 2. The Morgan fingerprint density at radius 3 is 2.48 bits per heavy atom. The van der Waals surface area contributed by atoms with Gasteiger partial charge in [-0.1, -0.05) is 0 Å². The summed E-state index contributed by atoms with van der Waals surface area (Å²) < 4.78 is 1.67. The lowest BCUT2D eigenvalue weighted by Gasteiger charge is -2.39. The van der Waals surface area contributed by atoms with Gasteiger partial charge in [0, 0.05) is 45.4 Å². The van der Waals surface area contributed by atoms with Crippen LogP contribution in [0.1, 0.15) is 37.3 Å². The molecule has 1 saturated carbocycles. The standard InChI is InChI=1S/C19H26N4O4/c1-21-8-12(7-20-21)17-13(5-6-16(24)22(17)2)18(25)23-9-14(11-3-4-11)15(10-23)19(26)27/h7-8,11,13-15,17H,3-6,9-10H2,1-2H3,(H,26,27)/t13?,14-,15+,17?/m1/s1. The number of hydrogen-bond donors (Lipinski definition) is 1. The molecule has 2 amide bonds. The number of nitrogens with zero attached hydrogens (tertiary/aromatic N) is 4. The maximum Gasteiger partial charge on any atom is 0.308 e. The van der Waals surface area contributed by atoms with Gasteiger partial charge in [-0.15, -0.1) is 0 Å². The summed E-state index contributed by atoms with van der Waals surface area (Å²) >= 11 is 0. The topological polar surface area (TPSA) is 95.7 Å². The minimum absolute atomic E-state index is 0.0218. The molecule has 2 unspecified atom stereocenters. The first-order chi connectivity index (χ1) is 12.9. The smallest absolute Gasteiger partial charge is 0.308 e. The van der Waals surface area contributed by atoms with E-state index in [-0.39, 0.29) is 36.2 Å². The van der Waals surface area contributed by atoms with Gasteiger partial charge in [-0.05, 0) is 31.1 Å². The summed E-state index contributed by atoms with van der Waals surface area (Å²) in [5.41, 5.74) is 0.846. The van der Waals surface area contributed by atoms with E-state index < -0.39 is 11.9 Å². The highest BCUT2D eigenvalue weighted by Crippen LogP contribution is 2.45. The van der Waals surface area contributed by atoms with E-state index >= 15 is 0 Å². The van der Waals surface area contributed by atoms with E-state index in [9.17, 15) is 19.5 Å². The number of likely N-dealkylation sites (tertiary alicyclic amines) is 2. The summed E-state index contributed by atoms with van der Waals surface area (Å²) in [4.78, 5) is 40.7. The van der Waals surface area contributed by atoms with Crippen LogP contribution >= 0.6 is 0 Å². The fraction of sp³-hybridized carbons (Fsp3) is 0.684. The zero-order valence-corrected chi connectivity index (χ0v) is 15.7. The summed E-state index contributed by atoms with van der Waals surface area (Å²) in [7, 11) is 3.54. The number of rotatable bonds is 4. The summed E-state index contributed by atoms with van der Waals surface area (Å²) in [5.74, 6) is -1.14. The molecule has 0 radical (unpaired) electrons. The Morgan fingerprint density at radius 1 is 1.15 bits per heavy atom. The quantitative estimate of drug-likeness (QED) is 0.845. The molecule has 1 aromatic rings. The predicted molar refractivity (Wildman–Crippen MR) is 95.4 cm³/mol. The fourth-order valence-electron chi connectivity index (χ4n) is 4.85. The second kappa shape index (κ2) is 6.65. The molecule has 1 N–H and O–H groups in total. The van der Waals surface area contributed by atoms with Gasteiger partial charge in [0.05, 0.1) is 24.1 Å². The number of aromatic nitrogens is 2. The molecule has 0 spiro atoms. The van der Waals surface area contributed by atoms with E-state index in [1.54, 1.807) is 27.7 Å². The Kier molecular flexibility index (Phi) is 4.44. The van der Waals surface area contributed by atoms with Crippen molar-refractivity contribution in [2.45, 2.75) is 31.7 Å². The van der Waals surface area contributed by atoms with Crippen LogP contribution in [0.5, 0.6) is 0 Å². The highest BCUT2D eigenvalue weighted by molar-refractivity contribution is 5.86.